The molecule has 2 aromatic heterocycles. The highest BCUT2D eigenvalue weighted by atomic mass is 15.1. The van der Waals surface area contributed by atoms with E-state index in [2.05, 4.69) is 143 Å². The SMILES string of the molecule is N#Cc1cccc(-c2cc(-c3ccc(-c4ccc(-n5c6ccccc6c6cc(N(c7ccccc7)c7ccccc7)ccc65)cc4)cc3C#N)nc(-c3cccc(C#N)c3)n2)c1. The van der Waals surface area contributed by atoms with Gasteiger partial charge in [-0.05, 0) is 108 Å². The predicted molar refractivity (Wildman–Crippen MR) is 247 cm³/mol. The van der Waals surface area contributed by atoms with Crippen LogP contribution in [0.1, 0.15) is 16.7 Å². The summed E-state index contributed by atoms with van der Waals surface area (Å²) < 4.78 is 2.31. The van der Waals surface area contributed by atoms with Crippen LogP contribution in [-0.4, -0.2) is 14.5 Å². The lowest BCUT2D eigenvalue weighted by molar-refractivity contribution is 1.18. The van der Waals surface area contributed by atoms with Crippen LogP contribution in [-0.2, 0) is 0 Å². The van der Waals surface area contributed by atoms with Crippen LogP contribution in [0.4, 0.5) is 17.1 Å². The molecule has 0 atom stereocenters. The second kappa shape index (κ2) is 15.9. The second-order valence-electron chi connectivity index (χ2n) is 14.8. The second-order valence-corrected chi connectivity index (χ2v) is 14.8. The summed E-state index contributed by atoms with van der Waals surface area (Å²) in [6, 6.07) is 73.3. The molecule has 0 unspecified atom stereocenters. The highest BCUT2D eigenvalue weighted by molar-refractivity contribution is 6.10. The van der Waals surface area contributed by atoms with Gasteiger partial charge in [-0.3, -0.25) is 0 Å². The summed E-state index contributed by atoms with van der Waals surface area (Å²) in [6.07, 6.45) is 0. The molecular formula is C55H33N7. The number of anilines is 3. The zero-order valence-electron chi connectivity index (χ0n) is 33.2. The van der Waals surface area contributed by atoms with Crippen molar-refractivity contribution in [3.63, 3.8) is 0 Å². The molecule has 7 nitrogen and oxygen atoms in total. The average molecular weight is 792 g/mol. The van der Waals surface area contributed by atoms with E-state index in [1.807, 2.05) is 54.6 Å². The zero-order valence-corrected chi connectivity index (χ0v) is 33.2. The Kier molecular flexibility index (Phi) is 9.56. The van der Waals surface area contributed by atoms with Gasteiger partial charge in [0.15, 0.2) is 5.82 Å². The Morgan fingerprint density at radius 3 is 1.71 bits per heavy atom. The summed E-state index contributed by atoms with van der Waals surface area (Å²) >= 11 is 0. The quantitative estimate of drug-likeness (QED) is 0.152. The van der Waals surface area contributed by atoms with Crippen LogP contribution in [0.15, 0.2) is 200 Å². The van der Waals surface area contributed by atoms with Crippen molar-refractivity contribution in [1.82, 2.24) is 14.5 Å². The number of rotatable bonds is 8. The van der Waals surface area contributed by atoms with Crippen LogP contribution in [0.3, 0.4) is 0 Å². The molecule has 62 heavy (non-hydrogen) atoms. The van der Waals surface area contributed by atoms with Gasteiger partial charge in [0, 0.05) is 50.2 Å². The van der Waals surface area contributed by atoms with E-state index in [9.17, 15) is 15.8 Å². The van der Waals surface area contributed by atoms with Crippen molar-refractivity contribution in [2.45, 2.75) is 0 Å². The van der Waals surface area contributed by atoms with E-state index in [4.69, 9.17) is 9.97 Å². The highest BCUT2D eigenvalue weighted by Crippen LogP contribution is 2.40. The maximum Gasteiger partial charge on any atom is 0.160 e. The Morgan fingerprint density at radius 1 is 0.403 bits per heavy atom. The molecule has 0 saturated heterocycles. The number of benzene rings is 8. The van der Waals surface area contributed by atoms with Crippen LogP contribution < -0.4 is 4.90 Å². The number of fused-ring (bicyclic) bond motifs is 3. The third-order valence-corrected chi connectivity index (χ3v) is 11.1. The first-order valence-corrected chi connectivity index (χ1v) is 20.1. The molecule has 0 radical (unpaired) electrons. The molecule has 0 spiro atoms. The average Bonchev–Trinajstić information content (AvgIpc) is 3.68. The highest BCUT2D eigenvalue weighted by Gasteiger charge is 2.19. The molecule has 0 amide bonds. The summed E-state index contributed by atoms with van der Waals surface area (Å²) in [5.41, 5.74) is 13.0. The van der Waals surface area contributed by atoms with Crippen LogP contribution in [0.5, 0.6) is 0 Å². The van der Waals surface area contributed by atoms with Crippen molar-refractivity contribution in [2.24, 2.45) is 0 Å². The van der Waals surface area contributed by atoms with Gasteiger partial charge < -0.3 is 9.47 Å². The van der Waals surface area contributed by atoms with Crippen LogP contribution >= 0.6 is 0 Å². The molecule has 10 rings (SSSR count). The molecule has 0 N–H and O–H groups in total. The Labute approximate surface area is 358 Å². The van der Waals surface area contributed by atoms with Gasteiger partial charge >= 0.3 is 0 Å². The first-order valence-electron chi connectivity index (χ1n) is 20.1. The maximum atomic E-state index is 10.5. The van der Waals surface area contributed by atoms with Crippen molar-refractivity contribution in [2.75, 3.05) is 4.90 Å². The molecule has 8 aromatic carbocycles. The van der Waals surface area contributed by atoms with E-state index in [1.165, 1.54) is 0 Å². The van der Waals surface area contributed by atoms with E-state index >= 15 is 0 Å². The molecular weight excluding hydrogens is 759 g/mol. The van der Waals surface area contributed by atoms with Crippen LogP contribution in [0, 0.1) is 34.0 Å². The number of nitrogens with zero attached hydrogens (tertiary/aromatic N) is 7. The lowest BCUT2D eigenvalue weighted by Gasteiger charge is -2.25. The summed E-state index contributed by atoms with van der Waals surface area (Å²) in [6.45, 7) is 0. The van der Waals surface area contributed by atoms with Crippen LogP contribution in [0.25, 0.3) is 72.5 Å². The number of aromatic nitrogens is 3. The monoisotopic (exact) mass is 791 g/mol. The molecule has 0 aliphatic rings. The topological polar surface area (TPSA) is 105 Å². The Morgan fingerprint density at radius 2 is 1.02 bits per heavy atom. The van der Waals surface area contributed by atoms with Gasteiger partial charge in [0.05, 0.1) is 57.3 Å². The smallest absolute Gasteiger partial charge is 0.160 e. The van der Waals surface area contributed by atoms with Gasteiger partial charge in [-0.1, -0.05) is 103 Å². The number of hydrogen-bond acceptors (Lipinski definition) is 6. The summed E-state index contributed by atoms with van der Waals surface area (Å²) in [4.78, 5) is 12.1. The molecule has 0 aliphatic carbocycles. The van der Waals surface area contributed by atoms with E-state index in [-0.39, 0.29) is 0 Å². The standard InChI is InChI=1S/C55H33N7/c56-34-37-11-9-13-41(29-37)51-33-52(60-55(59-51)42-14-10-12-38(30-42)35-57)48-27-23-40(31-43(48)36-58)39-21-24-46(25-22-39)62-53-20-8-7-19-49(53)50-32-47(26-28-54(50)62)61(44-15-3-1-4-16-44)45-17-5-2-6-18-45/h1-33H. The number of nitriles is 3. The van der Waals surface area contributed by atoms with E-state index in [1.54, 1.807) is 30.3 Å². The Balaban J connectivity index is 1.03. The largest absolute Gasteiger partial charge is 0.310 e. The van der Waals surface area contributed by atoms with Crippen LogP contribution in [0.2, 0.25) is 0 Å². The van der Waals surface area contributed by atoms with Gasteiger partial charge in [-0.25, -0.2) is 9.97 Å². The van der Waals surface area contributed by atoms with E-state index < -0.39 is 0 Å². The fourth-order valence-corrected chi connectivity index (χ4v) is 8.16. The van der Waals surface area contributed by atoms with Gasteiger partial charge in [0.25, 0.3) is 0 Å². The van der Waals surface area contributed by atoms with Crippen molar-refractivity contribution in [3.8, 4) is 68.9 Å². The first kappa shape index (κ1) is 37.2. The van der Waals surface area contributed by atoms with Crippen molar-refractivity contribution in [1.29, 1.82) is 15.8 Å². The van der Waals surface area contributed by atoms with E-state index in [0.717, 1.165) is 61.2 Å². The molecule has 288 valence electrons. The van der Waals surface area contributed by atoms with Gasteiger partial charge in [-0.15, -0.1) is 0 Å². The first-order chi connectivity index (χ1) is 30.6. The lowest BCUT2D eigenvalue weighted by atomic mass is 9.96. The zero-order chi connectivity index (χ0) is 42.0. The lowest BCUT2D eigenvalue weighted by Crippen LogP contribution is -2.09. The van der Waals surface area contributed by atoms with Crippen molar-refractivity contribution < 1.29 is 0 Å². The van der Waals surface area contributed by atoms with Crippen molar-refractivity contribution in [3.05, 3.63) is 217 Å². The fourth-order valence-electron chi connectivity index (χ4n) is 8.16. The Bertz CT molecular complexity index is 3330. The van der Waals surface area contributed by atoms with Gasteiger partial charge in [0.2, 0.25) is 0 Å². The van der Waals surface area contributed by atoms with E-state index in [0.29, 0.717) is 45.0 Å². The molecule has 0 aliphatic heterocycles. The minimum absolute atomic E-state index is 0.409. The summed E-state index contributed by atoms with van der Waals surface area (Å²) in [5, 5.41) is 32.1. The molecule has 7 heteroatoms. The third kappa shape index (κ3) is 6.87. The Hall–Kier alpha value is -9.09. The summed E-state index contributed by atoms with van der Waals surface area (Å²) in [7, 11) is 0. The molecule has 0 fully saturated rings. The minimum atomic E-state index is 0.409. The third-order valence-electron chi connectivity index (χ3n) is 11.1. The fraction of sp³-hybridized carbons (Fsp3) is 0. The molecule has 0 bridgehead atoms. The normalized spacial score (nSPS) is 10.9. The van der Waals surface area contributed by atoms with Gasteiger partial charge in [-0.2, -0.15) is 15.8 Å². The maximum absolute atomic E-state index is 10.5. The molecule has 10 aromatic rings. The van der Waals surface area contributed by atoms with Crippen molar-refractivity contribution >= 4 is 38.9 Å². The van der Waals surface area contributed by atoms with Gasteiger partial charge in [0.1, 0.15) is 0 Å². The summed E-state index contributed by atoms with van der Waals surface area (Å²) in [5.74, 6) is 0.409. The predicted octanol–water partition coefficient (Wildman–Crippen LogP) is 13.3. The minimum Gasteiger partial charge on any atom is -0.310 e. The molecule has 0 saturated carbocycles. The number of hydrogen-bond donors (Lipinski definition) is 0. The number of para-hydroxylation sites is 3. The molecule has 2 heterocycles.